The number of nitrogens with zero attached hydrogens (tertiary/aromatic N) is 1. The first kappa shape index (κ1) is 14.7. The third-order valence-corrected chi connectivity index (χ3v) is 3.19. The Bertz CT molecular complexity index is 490. The maximum Gasteiger partial charge on any atom is 0.0818 e. The van der Waals surface area contributed by atoms with Crippen LogP contribution in [-0.4, -0.2) is 28.8 Å². The second-order valence-corrected chi connectivity index (χ2v) is 4.87. The Kier molecular flexibility index (Phi) is 5.68. The van der Waals surface area contributed by atoms with Gasteiger partial charge in [-0.15, -0.1) is 0 Å². The van der Waals surface area contributed by atoms with E-state index in [0.717, 1.165) is 11.3 Å². The number of nitrogens with one attached hydrogen (secondary N) is 1. The highest BCUT2D eigenvalue weighted by atomic mass is 16.3. The minimum absolute atomic E-state index is 0.270. The maximum atomic E-state index is 10.0. The van der Waals surface area contributed by atoms with Crippen molar-refractivity contribution in [3.8, 4) is 0 Å². The average Bonchev–Trinajstić information content (AvgIpc) is 2.49. The van der Waals surface area contributed by atoms with Crippen LogP contribution in [0.25, 0.3) is 0 Å². The molecule has 0 bridgehead atoms. The number of rotatable bonds is 7. The Morgan fingerprint density at radius 3 is 2.55 bits per heavy atom. The van der Waals surface area contributed by atoms with Gasteiger partial charge in [0.2, 0.25) is 0 Å². The molecule has 0 spiro atoms. The van der Waals surface area contributed by atoms with E-state index in [-0.39, 0.29) is 6.04 Å². The van der Waals surface area contributed by atoms with Crippen LogP contribution in [0.2, 0.25) is 0 Å². The molecule has 0 aliphatic heterocycles. The van der Waals surface area contributed by atoms with Gasteiger partial charge in [0.15, 0.2) is 0 Å². The van der Waals surface area contributed by atoms with Crippen molar-refractivity contribution in [2.45, 2.75) is 25.1 Å². The topological polar surface area (TPSA) is 71.2 Å². The molecule has 106 valence electrons. The fourth-order valence-corrected chi connectivity index (χ4v) is 2.02. The fraction of sp³-hybridized carbons (Fsp3) is 0.312. The summed E-state index contributed by atoms with van der Waals surface area (Å²) in [5, 5.41) is 13.2. The predicted octanol–water partition coefficient (Wildman–Crippen LogP) is 1.10. The van der Waals surface area contributed by atoms with Crippen LogP contribution in [0.1, 0.15) is 11.3 Å². The van der Waals surface area contributed by atoms with Crippen LogP contribution in [0.15, 0.2) is 54.7 Å². The van der Waals surface area contributed by atoms with E-state index < -0.39 is 6.10 Å². The van der Waals surface area contributed by atoms with Gasteiger partial charge in [0, 0.05) is 25.3 Å². The molecule has 1 aromatic heterocycles. The number of nitrogens with two attached hydrogens (primary N) is 1. The van der Waals surface area contributed by atoms with Gasteiger partial charge in [-0.2, -0.15) is 0 Å². The lowest BCUT2D eigenvalue weighted by molar-refractivity contribution is 0.141. The Morgan fingerprint density at radius 1 is 1.10 bits per heavy atom. The largest absolute Gasteiger partial charge is 0.390 e. The standard InChI is InChI=1S/C16H21N3O/c17-15(10-13-6-2-1-3-7-13)16(20)12-18-11-14-8-4-5-9-19-14/h1-9,15-16,18,20H,10-12,17H2/t15-,16+/m0/s1. The van der Waals surface area contributed by atoms with Gasteiger partial charge in [0.1, 0.15) is 0 Å². The van der Waals surface area contributed by atoms with E-state index in [1.54, 1.807) is 6.20 Å². The minimum atomic E-state index is -0.570. The first-order valence-corrected chi connectivity index (χ1v) is 6.84. The average molecular weight is 271 g/mol. The Morgan fingerprint density at radius 2 is 1.85 bits per heavy atom. The van der Waals surface area contributed by atoms with E-state index in [9.17, 15) is 5.11 Å². The Labute approximate surface area is 119 Å². The Balaban J connectivity index is 1.73. The molecular weight excluding hydrogens is 250 g/mol. The molecule has 2 atom stereocenters. The molecule has 0 saturated carbocycles. The van der Waals surface area contributed by atoms with E-state index in [0.29, 0.717) is 19.5 Å². The van der Waals surface area contributed by atoms with E-state index in [1.165, 1.54) is 0 Å². The van der Waals surface area contributed by atoms with Crippen molar-refractivity contribution in [3.05, 3.63) is 66.0 Å². The van der Waals surface area contributed by atoms with Crippen molar-refractivity contribution in [2.75, 3.05) is 6.54 Å². The zero-order chi connectivity index (χ0) is 14.2. The lowest BCUT2D eigenvalue weighted by Gasteiger charge is -2.19. The summed E-state index contributed by atoms with van der Waals surface area (Å²) in [6.45, 7) is 1.10. The van der Waals surface area contributed by atoms with Crippen molar-refractivity contribution >= 4 is 0 Å². The minimum Gasteiger partial charge on any atom is -0.390 e. The maximum absolute atomic E-state index is 10.0. The molecule has 4 heteroatoms. The van der Waals surface area contributed by atoms with Crippen LogP contribution in [0, 0.1) is 0 Å². The molecule has 0 saturated heterocycles. The number of hydrogen-bond donors (Lipinski definition) is 3. The lowest BCUT2D eigenvalue weighted by Crippen LogP contribution is -2.43. The number of aliphatic hydroxyl groups is 1. The smallest absolute Gasteiger partial charge is 0.0818 e. The van der Waals surface area contributed by atoms with Crippen LogP contribution >= 0.6 is 0 Å². The highest BCUT2D eigenvalue weighted by molar-refractivity contribution is 5.16. The predicted molar refractivity (Wildman–Crippen MR) is 80.1 cm³/mol. The van der Waals surface area contributed by atoms with Gasteiger partial charge in [-0.3, -0.25) is 4.98 Å². The number of aromatic nitrogens is 1. The molecule has 2 rings (SSSR count). The molecule has 0 aliphatic rings. The van der Waals surface area contributed by atoms with E-state index in [2.05, 4.69) is 10.3 Å². The molecule has 20 heavy (non-hydrogen) atoms. The molecule has 0 unspecified atom stereocenters. The first-order valence-electron chi connectivity index (χ1n) is 6.84. The van der Waals surface area contributed by atoms with E-state index in [1.807, 2.05) is 48.5 Å². The van der Waals surface area contributed by atoms with Crippen LogP contribution in [0.4, 0.5) is 0 Å². The zero-order valence-electron chi connectivity index (χ0n) is 11.4. The van der Waals surface area contributed by atoms with E-state index >= 15 is 0 Å². The van der Waals surface area contributed by atoms with Gasteiger partial charge < -0.3 is 16.2 Å². The highest BCUT2D eigenvalue weighted by Crippen LogP contribution is 2.04. The van der Waals surface area contributed by atoms with Crippen molar-refractivity contribution in [3.63, 3.8) is 0 Å². The molecule has 0 aliphatic carbocycles. The van der Waals surface area contributed by atoms with Crippen molar-refractivity contribution in [1.82, 2.24) is 10.3 Å². The monoisotopic (exact) mass is 271 g/mol. The summed E-state index contributed by atoms with van der Waals surface area (Å²) in [5.74, 6) is 0. The number of aliphatic hydroxyl groups excluding tert-OH is 1. The Hall–Kier alpha value is -1.75. The SMILES string of the molecule is N[C@@H](Cc1ccccc1)[C@H](O)CNCc1ccccn1. The number of pyridine rings is 1. The van der Waals surface area contributed by atoms with Gasteiger partial charge >= 0.3 is 0 Å². The fourth-order valence-electron chi connectivity index (χ4n) is 2.02. The summed E-state index contributed by atoms with van der Waals surface area (Å²) in [6, 6.07) is 15.5. The van der Waals surface area contributed by atoms with Crippen LogP contribution < -0.4 is 11.1 Å². The summed E-state index contributed by atoms with van der Waals surface area (Å²) in [4.78, 5) is 4.21. The van der Waals surface area contributed by atoms with Gasteiger partial charge in [0.05, 0.1) is 11.8 Å². The molecule has 0 amide bonds. The molecule has 2 aromatic rings. The van der Waals surface area contributed by atoms with Crippen LogP contribution in [-0.2, 0) is 13.0 Å². The number of benzene rings is 1. The molecule has 1 aromatic carbocycles. The lowest BCUT2D eigenvalue weighted by atomic mass is 10.0. The second-order valence-electron chi connectivity index (χ2n) is 4.87. The molecule has 0 radical (unpaired) electrons. The van der Waals surface area contributed by atoms with Crippen LogP contribution in [0.3, 0.4) is 0 Å². The van der Waals surface area contributed by atoms with Gasteiger partial charge in [-0.05, 0) is 24.1 Å². The van der Waals surface area contributed by atoms with Crippen molar-refractivity contribution in [2.24, 2.45) is 5.73 Å². The molecule has 4 N–H and O–H groups in total. The summed E-state index contributed by atoms with van der Waals surface area (Å²) in [5.41, 5.74) is 8.12. The molecule has 4 nitrogen and oxygen atoms in total. The van der Waals surface area contributed by atoms with Gasteiger partial charge in [-0.1, -0.05) is 36.4 Å². The van der Waals surface area contributed by atoms with Gasteiger partial charge in [-0.25, -0.2) is 0 Å². The second kappa shape index (κ2) is 7.75. The highest BCUT2D eigenvalue weighted by Gasteiger charge is 2.14. The zero-order valence-corrected chi connectivity index (χ0v) is 11.4. The van der Waals surface area contributed by atoms with Crippen LogP contribution in [0.5, 0.6) is 0 Å². The molecule has 1 heterocycles. The number of hydrogen-bond acceptors (Lipinski definition) is 4. The quantitative estimate of drug-likeness (QED) is 0.705. The molecule has 0 fully saturated rings. The van der Waals surface area contributed by atoms with Gasteiger partial charge in [0.25, 0.3) is 0 Å². The third-order valence-electron chi connectivity index (χ3n) is 3.19. The van der Waals surface area contributed by atoms with Crippen molar-refractivity contribution < 1.29 is 5.11 Å². The summed E-state index contributed by atoms with van der Waals surface area (Å²) in [6.07, 6.45) is 1.86. The summed E-state index contributed by atoms with van der Waals surface area (Å²) in [7, 11) is 0. The normalized spacial score (nSPS) is 13.9. The third kappa shape index (κ3) is 4.74. The summed E-state index contributed by atoms with van der Waals surface area (Å²) >= 11 is 0. The summed E-state index contributed by atoms with van der Waals surface area (Å²) < 4.78 is 0. The first-order chi connectivity index (χ1) is 9.75. The molecular formula is C16H21N3O. The van der Waals surface area contributed by atoms with E-state index in [4.69, 9.17) is 5.73 Å². The van der Waals surface area contributed by atoms with Crippen molar-refractivity contribution in [1.29, 1.82) is 0 Å².